The molecular formula is C18H26F2IN3O4. The summed E-state index contributed by atoms with van der Waals surface area (Å²) >= 11 is 0. The maximum Gasteiger partial charge on any atom is 0.387 e. The maximum atomic E-state index is 12.6. The molecule has 1 aliphatic heterocycles. The van der Waals surface area contributed by atoms with Crippen LogP contribution in [-0.2, 0) is 16.1 Å². The lowest BCUT2D eigenvalue weighted by molar-refractivity contribution is -0.146. The van der Waals surface area contributed by atoms with E-state index in [2.05, 4.69) is 15.0 Å². The summed E-state index contributed by atoms with van der Waals surface area (Å²) in [6.07, 6.45) is 0. The lowest BCUT2D eigenvalue weighted by Crippen LogP contribution is -2.40. The van der Waals surface area contributed by atoms with Crippen molar-refractivity contribution in [3.05, 3.63) is 23.8 Å². The van der Waals surface area contributed by atoms with Crippen molar-refractivity contribution in [1.82, 2.24) is 10.2 Å². The molecular weight excluding hydrogens is 487 g/mol. The quantitative estimate of drug-likeness (QED) is 0.273. The first-order chi connectivity index (χ1) is 12.9. The number of hydrogen-bond donors (Lipinski definition) is 1. The van der Waals surface area contributed by atoms with Crippen LogP contribution in [-0.4, -0.2) is 57.8 Å². The van der Waals surface area contributed by atoms with E-state index in [1.807, 2.05) is 11.8 Å². The Morgan fingerprint density at radius 2 is 2.04 bits per heavy atom. The number of benzene rings is 1. The average molecular weight is 513 g/mol. The first-order valence-electron chi connectivity index (χ1n) is 8.54. The normalized spacial score (nSPS) is 19.2. The van der Waals surface area contributed by atoms with Crippen molar-refractivity contribution in [1.29, 1.82) is 0 Å². The predicted octanol–water partition coefficient (Wildman–Crippen LogP) is 2.73. The smallest absolute Gasteiger partial charge is 0.387 e. The minimum atomic E-state index is -2.93. The molecule has 0 spiro atoms. The van der Waals surface area contributed by atoms with Crippen molar-refractivity contribution in [3.8, 4) is 11.5 Å². The first kappa shape index (κ1) is 24.2. The van der Waals surface area contributed by atoms with Gasteiger partial charge in [0.2, 0.25) is 0 Å². The number of esters is 1. The maximum absolute atomic E-state index is 12.6. The highest BCUT2D eigenvalue weighted by Gasteiger charge is 2.36. The Morgan fingerprint density at radius 1 is 1.32 bits per heavy atom. The van der Waals surface area contributed by atoms with E-state index in [0.717, 1.165) is 5.56 Å². The summed E-state index contributed by atoms with van der Waals surface area (Å²) in [6.45, 7) is 0.588. The molecule has 0 radical (unpaired) electrons. The van der Waals surface area contributed by atoms with E-state index < -0.39 is 6.61 Å². The number of carbonyl (C=O) groups is 1. The fourth-order valence-electron chi connectivity index (χ4n) is 3.13. The number of guanidine groups is 1. The van der Waals surface area contributed by atoms with Crippen LogP contribution in [0.25, 0.3) is 0 Å². The fourth-order valence-corrected chi connectivity index (χ4v) is 3.13. The van der Waals surface area contributed by atoms with E-state index in [0.29, 0.717) is 25.6 Å². The zero-order chi connectivity index (χ0) is 20.0. The SMILES string of the molecule is CN=C(NCc1ccc(OC)c(OC(F)F)c1)N1CC(C)C(C(=O)OC)C1.I. The molecule has 10 heteroatoms. The second-order valence-corrected chi connectivity index (χ2v) is 6.28. The van der Waals surface area contributed by atoms with Gasteiger partial charge in [-0.1, -0.05) is 13.0 Å². The van der Waals surface area contributed by atoms with Gasteiger partial charge in [0.15, 0.2) is 17.5 Å². The monoisotopic (exact) mass is 513 g/mol. The molecule has 2 atom stereocenters. The van der Waals surface area contributed by atoms with Crippen LogP contribution in [0.1, 0.15) is 12.5 Å². The third kappa shape index (κ3) is 6.08. The topological polar surface area (TPSA) is 72.4 Å². The van der Waals surface area contributed by atoms with Crippen LogP contribution >= 0.6 is 24.0 Å². The number of carbonyl (C=O) groups excluding carboxylic acids is 1. The lowest BCUT2D eigenvalue weighted by Gasteiger charge is -2.22. The molecule has 2 unspecified atom stereocenters. The van der Waals surface area contributed by atoms with Gasteiger partial charge < -0.3 is 24.4 Å². The molecule has 2 rings (SSSR count). The van der Waals surface area contributed by atoms with E-state index in [-0.39, 0.29) is 53.3 Å². The Bertz CT molecular complexity index is 691. The number of ether oxygens (including phenoxy) is 3. The molecule has 28 heavy (non-hydrogen) atoms. The minimum Gasteiger partial charge on any atom is -0.493 e. The van der Waals surface area contributed by atoms with Crippen molar-refractivity contribution in [2.24, 2.45) is 16.8 Å². The van der Waals surface area contributed by atoms with Gasteiger partial charge in [0.25, 0.3) is 0 Å². The summed E-state index contributed by atoms with van der Waals surface area (Å²) in [5.74, 6) is 0.536. The van der Waals surface area contributed by atoms with Crippen molar-refractivity contribution >= 4 is 35.9 Å². The summed E-state index contributed by atoms with van der Waals surface area (Å²) in [7, 11) is 4.42. The molecule has 158 valence electrons. The van der Waals surface area contributed by atoms with E-state index in [9.17, 15) is 13.6 Å². The highest BCUT2D eigenvalue weighted by Crippen LogP contribution is 2.29. The van der Waals surface area contributed by atoms with E-state index in [1.54, 1.807) is 19.2 Å². The highest BCUT2D eigenvalue weighted by molar-refractivity contribution is 14.0. The van der Waals surface area contributed by atoms with E-state index in [4.69, 9.17) is 9.47 Å². The summed E-state index contributed by atoms with van der Waals surface area (Å²) in [5, 5.41) is 3.18. The van der Waals surface area contributed by atoms with Gasteiger partial charge in [-0.15, -0.1) is 24.0 Å². The van der Waals surface area contributed by atoms with Crippen molar-refractivity contribution in [2.45, 2.75) is 20.1 Å². The number of hydrogen-bond acceptors (Lipinski definition) is 5. The van der Waals surface area contributed by atoms with Gasteiger partial charge in [0.1, 0.15) is 0 Å². The average Bonchev–Trinajstić information content (AvgIpc) is 3.03. The minimum absolute atomic E-state index is 0. The van der Waals surface area contributed by atoms with E-state index >= 15 is 0 Å². The molecule has 1 aliphatic rings. The second kappa shape index (κ2) is 11.2. The van der Waals surface area contributed by atoms with Crippen molar-refractivity contribution < 1.29 is 27.8 Å². The zero-order valence-electron chi connectivity index (χ0n) is 16.3. The predicted molar refractivity (Wildman–Crippen MR) is 111 cm³/mol. The zero-order valence-corrected chi connectivity index (χ0v) is 18.6. The van der Waals surface area contributed by atoms with Crippen molar-refractivity contribution in [2.75, 3.05) is 34.4 Å². The standard InChI is InChI=1S/C18H25F2N3O4.HI/c1-11-9-23(10-13(11)16(24)26-4)18(21-2)22-8-12-5-6-14(25-3)15(7-12)27-17(19)20;/h5-7,11,13,17H,8-10H2,1-4H3,(H,21,22);1H. The molecule has 0 aromatic heterocycles. The number of methoxy groups -OCH3 is 2. The van der Waals surface area contributed by atoms with Crippen LogP contribution in [0.5, 0.6) is 11.5 Å². The molecule has 0 bridgehead atoms. The molecule has 1 saturated heterocycles. The van der Waals surface area contributed by atoms with Gasteiger partial charge in [0.05, 0.1) is 20.1 Å². The summed E-state index contributed by atoms with van der Waals surface area (Å²) in [6, 6.07) is 4.82. The van der Waals surface area contributed by atoms with Gasteiger partial charge in [0, 0.05) is 26.7 Å². The van der Waals surface area contributed by atoms with Crippen LogP contribution < -0.4 is 14.8 Å². The van der Waals surface area contributed by atoms with Crippen LogP contribution in [0, 0.1) is 11.8 Å². The van der Waals surface area contributed by atoms with Crippen LogP contribution in [0.4, 0.5) is 8.78 Å². The molecule has 0 aliphatic carbocycles. The summed E-state index contributed by atoms with van der Waals surface area (Å²) in [4.78, 5) is 18.1. The molecule has 0 saturated carbocycles. The van der Waals surface area contributed by atoms with Crippen LogP contribution in [0.2, 0.25) is 0 Å². The van der Waals surface area contributed by atoms with Crippen LogP contribution in [0.3, 0.4) is 0 Å². The molecule has 1 aromatic rings. The summed E-state index contributed by atoms with van der Waals surface area (Å²) in [5.41, 5.74) is 0.726. The lowest BCUT2D eigenvalue weighted by atomic mass is 9.99. The highest BCUT2D eigenvalue weighted by atomic mass is 127. The Labute approximate surface area is 180 Å². The Kier molecular flexibility index (Phi) is 9.70. The van der Waals surface area contributed by atoms with Crippen LogP contribution in [0.15, 0.2) is 23.2 Å². The molecule has 1 heterocycles. The molecule has 7 nitrogen and oxygen atoms in total. The summed E-state index contributed by atoms with van der Waals surface area (Å²) < 4.78 is 39.5. The van der Waals surface area contributed by atoms with Gasteiger partial charge in [-0.05, 0) is 23.6 Å². The Hall–Kier alpha value is -1.85. The molecule has 1 fully saturated rings. The van der Waals surface area contributed by atoms with E-state index in [1.165, 1.54) is 20.3 Å². The Morgan fingerprint density at radius 3 is 2.61 bits per heavy atom. The number of nitrogens with zero attached hydrogens (tertiary/aromatic N) is 2. The number of alkyl halides is 2. The fraction of sp³-hybridized carbons (Fsp3) is 0.556. The number of aliphatic imine (C=N–C) groups is 1. The number of nitrogens with one attached hydrogen (secondary N) is 1. The van der Waals surface area contributed by atoms with Gasteiger partial charge in [-0.2, -0.15) is 8.78 Å². The molecule has 0 amide bonds. The van der Waals surface area contributed by atoms with Gasteiger partial charge in [-0.25, -0.2) is 0 Å². The number of rotatable bonds is 6. The van der Waals surface area contributed by atoms with Crippen molar-refractivity contribution in [3.63, 3.8) is 0 Å². The van der Waals surface area contributed by atoms with Gasteiger partial charge >= 0.3 is 12.6 Å². The number of halogens is 3. The third-order valence-electron chi connectivity index (χ3n) is 4.52. The second-order valence-electron chi connectivity index (χ2n) is 6.28. The largest absolute Gasteiger partial charge is 0.493 e. The van der Waals surface area contributed by atoms with Gasteiger partial charge in [-0.3, -0.25) is 9.79 Å². The number of likely N-dealkylation sites (tertiary alicyclic amines) is 1. The third-order valence-corrected chi connectivity index (χ3v) is 4.52. The molecule has 1 N–H and O–H groups in total. The first-order valence-corrected chi connectivity index (χ1v) is 8.54. The molecule has 1 aromatic carbocycles. The Balaban J connectivity index is 0.00000392.